The van der Waals surface area contributed by atoms with Crippen molar-refractivity contribution in [2.24, 2.45) is 0 Å². The van der Waals surface area contributed by atoms with Crippen molar-refractivity contribution in [3.8, 4) is 44.5 Å². The third kappa shape index (κ3) is 8.37. The topological polar surface area (TPSA) is 3.24 Å². The summed E-state index contributed by atoms with van der Waals surface area (Å²) in [6.07, 6.45) is 25.3. The second kappa shape index (κ2) is 18.7. The first-order valence-electron chi connectivity index (χ1n) is 27.1. The quantitative estimate of drug-likeness (QED) is 0.140. The van der Waals surface area contributed by atoms with Gasteiger partial charge < -0.3 is 4.90 Å². The van der Waals surface area contributed by atoms with Crippen LogP contribution in [-0.4, -0.2) is 0 Å². The van der Waals surface area contributed by atoms with Gasteiger partial charge in [0.25, 0.3) is 0 Å². The molecular formula is C67H71N. The van der Waals surface area contributed by atoms with E-state index in [1.54, 1.807) is 22.3 Å². The van der Waals surface area contributed by atoms with E-state index in [0.29, 0.717) is 17.8 Å². The molecule has 0 spiro atoms. The van der Waals surface area contributed by atoms with Crippen molar-refractivity contribution in [1.82, 2.24) is 0 Å². The van der Waals surface area contributed by atoms with Crippen LogP contribution >= 0.6 is 0 Å². The number of fused-ring (bicyclic) bond motifs is 4. The Labute approximate surface area is 408 Å². The average Bonchev–Trinajstić information content (AvgIpc) is 3.64. The fourth-order valence-corrected chi connectivity index (χ4v) is 13.8. The molecule has 0 N–H and O–H groups in total. The molecule has 0 unspecified atom stereocenters. The Morgan fingerprint density at radius 3 is 1.65 bits per heavy atom. The highest BCUT2D eigenvalue weighted by Gasteiger charge is 2.36. The van der Waals surface area contributed by atoms with Gasteiger partial charge in [0.05, 0.1) is 0 Å². The minimum absolute atomic E-state index is 0.0900. The van der Waals surface area contributed by atoms with E-state index in [1.807, 2.05) is 0 Å². The summed E-state index contributed by atoms with van der Waals surface area (Å²) in [4.78, 5) is 2.53. The standard InChI is InChI=1S/C67H71N/c1-67(2)65-31-15-14-30-62(65)63-37-36-60(45-66(63)67)68(58-34-32-49(33-35-58)51-26-16-25-50(38-51)46-18-6-3-7-19-46)59-28-17-27-53(43-59)64-44-57(39-52-24-12-13-29-61(52)64)56-41-54(47-20-8-4-9-21-47)40-55(42-56)48-22-10-5-11-23-48/h14-17,25-28,30-48H,3-13,18-24,29H2,1-2H3. The molecule has 5 aliphatic carbocycles. The number of rotatable bonds is 9. The first-order valence-corrected chi connectivity index (χ1v) is 27.1. The van der Waals surface area contributed by atoms with E-state index < -0.39 is 0 Å². The molecule has 7 aromatic carbocycles. The summed E-state index contributed by atoms with van der Waals surface area (Å²) in [5.74, 6) is 2.09. The summed E-state index contributed by atoms with van der Waals surface area (Å²) in [5, 5.41) is 0. The van der Waals surface area contributed by atoms with Crippen LogP contribution in [0.4, 0.5) is 17.1 Å². The van der Waals surface area contributed by atoms with Gasteiger partial charge in [-0.1, -0.05) is 175 Å². The number of nitrogens with zero attached hydrogens (tertiary/aromatic N) is 1. The second-order valence-corrected chi connectivity index (χ2v) is 22.2. The second-order valence-electron chi connectivity index (χ2n) is 22.2. The lowest BCUT2D eigenvalue weighted by Crippen LogP contribution is -2.16. The van der Waals surface area contributed by atoms with Crippen LogP contribution in [0.15, 0.2) is 146 Å². The van der Waals surface area contributed by atoms with Crippen LogP contribution in [0.2, 0.25) is 0 Å². The average molecular weight is 890 g/mol. The van der Waals surface area contributed by atoms with Gasteiger partial charge in [0, 0.05) is 22.5 Å². The van der Waals surface area contributed by atoms with Gasteiger partial charge >= 0.3 is 0 Å². The maximum absolute atomic E-state index is 2.66. The Morgan fingerprint density at radius 2 is 0.926 bits per heavy atom. The van der Waals surface area contributed by atoms with E-state index in [-0.39, 0.29) is 5.41 Å². The molecule has 1 heteroatoms. The molecule has 0 aliphatic heterocycles. The number of benzene rings is 7. The van der Waals surface area contributed by atoms with E-state index in [1.165, 1.54) is 194 Å². The Balaban J connectivity index is 0.964. The van der Waals surface area contributed by atoms with Gasteiger partial charge in [0.15, 0.2) is 0 Å². The molecular weight excluding hydrogens is 819 g/mol. The highest BCUT2D eigenvalue weighted by atomic mass is 15.1. The highest BCUT2D eigenvalue weighted by Crippen LogP contribution is 2.51. The summed E-state index contributed by atoms with van der Waals surface area (Å²) in [6.45, 7) is 4.81. The lowest BCUT2D eigenvalue weighted by Gasteiger charge is -2.29. The van der Waals surface area contributed by atoms with Crippen LogP contribution in [0.3, 0.4) is 0 Å². The zero-order valence-electron chi connectivity index (χ0n) is 41.0. The predicted octanol–water partition coefficient (Wildman–Crippen LogP) is 19.5. The van der Waals surface area contributed by atoms with Crippen molar-refractivity contribution >= 4 is 17.1 Å². The largest absolute Gasteiger partial charge is 0.310 e. The van der Waals surface area contributed by atoms with Crippen molar-refractivity contribution < 1.29 is 0 Å². The van der Waals surface area contributed by atoms with Crippen LogP contribution in [0.25, 0.3) is 44.5 Å². The van der Waals surface area contributed by atoms with Gasteiger partial charge in [0.1, 0.15) is 0 Å². The molecule has 0 amide bonds. The maximum atomic E-state index is 2.66. The van der Waals surface area contributed by atoms with Gasteiger partial charge in [0.2, 0.25) is 0 Å². The molecule has 68 heavy (non-hydrogen) atoms. The van der Waals surface area contributed by atoms with E-state index >= 15 is 0 Å². The van der Waals surface area contributed by atoms with Crippen LogP contribution in [0.5, 0.6) is 0 Å². The number of anilines is 3. The molecule has 3 fully saturated rings. The summed E-state index contributed by atoms with van der Waals surface area (Å²) >= 11 is 0. The molecule has 5 aliphatic rings. The van der Waals surface area contributed by atoms with Gasteiger partial charge in [-0.3, -0.25) is 0 Å². The number of hydrogen-bond acceptors (Lipinski definition) is 1. The van der Waals surface area contributed by atoms with Crippen molar-refractivity contribution in [2.75, 3.05) is 4.90 Å². The molecule has 0 bridgehead atoms. The molecule has 344 valence electrons. The lowest BCUT2D eigenvalue weighted by atomic mass is 9.78. The summed E-state index contributed by atoms with van der Waals surface area (Å²) in [5.41, 5.74) is 25.2. The fourth-order valence-electron chi connectivity index (χ4n) is 13.8. The molecule has 3 saturated carbocycles. The molecule has 0 aromatic heterocycles. The van der Waals surface area contributed by atoms with Crippen molar-refractivity contribution in [2.45, 2.75) is 159 Å². The van der Waals surface area contributed by atoms with Gasteiger partial charge in [-0.05, 0) is 208 Å². The van der Waals surface area contributed by atoms with E-state index in [9.17, 15) is 0 Å². The molecule has 0 radical (unpaired) electrons. The predicted molar refractivity (Wildman–Crippen MR) is 289 cm³/mol. The molecule has 0 heterocycles. The Kier molecular flexibility index (Phi) is 12.0. The van der Waals surface area contributed by atoms with Crippen molar-refractivity contribution in [1.29, 1.82) is 0 Å². The van der Waals surface area contributed by atoms with Crippen molar-refractivity contribution in [3.05, 3.63) is 185 Å². The van der Waals surface area contributed by atoms with Crippen LogP contribution in [0.1, 0.15) is 180 Å². The highest BCUT2D eigenvalue weighted by molar-refractivity contribution is 5.88. The molecule has 12 rings (SSSR count). The SMILES string of the molecule is CC1(C)c2ccccc2-c2ccc(N(c3ccc(-c4cccc(C5CCCCC5)c4)cc3)c3cccc(-c4cc(-c5cc(C6CCCCC6)cc(C6CCCCC6)c5)cc5c4CCCC5)c3)cc21. The molecule has 1 nitrogen and oxygen atoms in total. The molecule has 0 atom stereocenters. The lowest BCUT2D eigenvalue weighted by molar-refractivity contribution is 0.435. The Hall–Kier alpha value is -5.66. The zero-order valence-corrected chi connectivity index (χ0v) is 41.0. The summed E-state index contributed by atoms with van der Waals surface area (Å²) in [7, 11) is 0. The Bertz CT molecular complexity index is 2890. The normalized spacial score (nSPS) is 18.4. The maximum Gasteiger partial charge on any atom is 0.0467 e. The number of hydrogen-bond donors (Lipinski definition) is 0. The fraction of sp³-hybridized carbons (Fsp3) is 0.373. The minimum Gasteiger partial charge on any atom is -0.310 e. The van der Waals surface area contributed by atoms with Crippen molar-refractivity contribution in [3.63, 3.8) is 0 Å². The Morgan fingerprint density at radius 1 is 0.353 bits per heavy atom. The van der Waals surface area contributed by atoms with E-state index in [0.717, 1.165) is 6.42 Å². The van der Waals surface area contributed by atoms with Crippen LogP contribution < -0.4 is 4.90 Å². The van der Waals surface area contributed by atoms with Gasteiger partial charge in [-0.2, -0.15) is 0 Å². The minimum atomic E-state index is -0.0900. The van der Waals surface area contributed by atoms with E-state index in [4.69, 9.17) is 0 Å². The smallest absolute Gasteiger partial charge is 0.0467 e. The molecule has 0 saturated heterocycles. The van der Waals surface area contributed by atoms with E-state index in [2.05, 4.69) is 164 Å². The van der Waals surface area contributed by atoms with Gasteiger partial charge in [-0.15, -0.1) is 0 Å². The summed E-state index contributed by atoms with van der Waals surface area (Å²) in [6, 6.07) is 57.9. The molecule has 7 aromatic rings. The zero-order chi connectivity index (χ0) is 45.6. The first kappa shape index (κ1) is 43.6. The monoisotopic (exact) mass is 890 g/mol. The van der Waals surface area contributed by atoms with Crippen LogP contribution in [0, 0.1) is 0 Å². The third-order valence-electron chi connectivity index (χ3n) is 17.6. The first-order chi connectivity index (χ1) is 33.4. The summed E-state index contributed by atoms with van der Waals surface area (Å²) < 4.78 is 0. The van der Waals surface area contributed by atoms with Crippen LogP contribution in [-0.2, 0) is 18.3 Å². The van der Waals surface area contributed by atoms with Gasteiger partial charge in [-0.25, -0.2) is 0 Å². The third-order valence-corrected chi connectivity index (χ3v) is 17.6. The number of aryl methyl sites for hydroxylation is 1.